The predicted octanol–water partition coefficient (Wildman–Crippen LogP) is 8.25. The Labute approximate surface area is 235 Å². The summed E-state index contributed by atoms with van der Waals surface area (Å²) in [6, 6.07) is 19.3. The van der Waals surface area contributed by atoms with Crippen LogP contribution in [0, 0.1) is 6.92 Å². The van der Waals surface area contributed by atoms with Gasteiger partial charge in [0.2, 0.25) is 0 Å². The van der Waals surface area contributed by atoms with Crippen molar-refractivity contribution in [3.05, 3.63) is 111 Å². The van der Waals surface area contributed by atoms with E-state index in [0.717, 1.165) is 57.5 Å². The lowest BCUT2D eigenvalue weighted by Crippen LogP contribution is -2.02. The standard InChI is InChI=1S/C31H24Cl2N2O4/c1-17-11-22(31(36)37)15-34-27(17)13-18-5-6-21-14-23(10-9-20(21)12-18)38-16-24-29(35-39-30(24)19-7-8-19)28-25(32)3-2-4-26(28)33/h2-6,9-12,14-15,19H,7-8,13,16H2,1H3,(H,36,37). The number of aryl methyl sites for hydroxylation is 1. The van der Waals surface area contributed by atoms with Crippen molar-refractivity contribution in [2.75, 3.05) is 0 Å². The number of nitrogens with zero attached hydrogens (tertiary/aromatic N) is 2. The maximum atomic E-state index is 11.2. The van der Waals surface area contributed by atoms with E-state index in [4.69, 9.17) is 32.5 Å². The van der Waals surface area contributed by atoms with Crippen LogP contribution in [0.4, 0.5) is 0 Å². The van der Waals surface area contributed by atoms with Crippen LogP contribution in [-0.4, -0.2) is 21.2 Å². The van der Waals surface area contributed by atoms with Crippen LogP contribution in [0.3, 0.4) is 0 Å². The lowest BCUT2D eigenvalue weighted by atomic mass is 10.0. The summed E-state index contributed by atoms with van der Waals surface area (Å²) in [5.74, 6) is 0.944. The quantitative estimate of drug-likeness (QED) is 0.206. The van der Waals surface area contributed by atoms with Gasteiger partial charge in [0.25, 0.3) is 0 Å². The van der Waals surface area contributed by atoms with Crippen LogP contribution in [-0.2, 0) is 13.0 Å². The number of hydrogen-bond donors (Lipinski definition) is 1. The SMILES string of the molecule is Cc1cc(C(=O)O)cnc1Cc1ccc2cc(OCc3c(-c4c(Cl)cccc4Cl)noc3C3CC3)ccc2c1. The number of ether oxygens (including phenoxy) is 1. The number of halogens is 2. The van der Waals surface area contributed by atoms with Crippen LogP contribution in [0.15, 0.2) is 71.4 Å². The topological polar surface area (TPSA) is 85.5 Å². The fourth-order valence-electron chi connectivity index (χ4n) is 4.78. The van der Waals surface area contributed by atoms with E-state index >= 15 is 0 Å². The molecule has 0 unspecified atom stereocenters. The molecule has 0 amide bonds. The van der Waals surface area contributed by atoms with E-state index in [1.807, 2.05) is 25.1 Å². The number of carbonyl (C=O) groups is 1. The van der Waals surface area contributed by atoms with Gasteiger partial charge in [0.05, 0.1) is 21.2 Å². The van der Waals surface area contributed by atoms with Crippen molar-refractivity contribution in [1.82, 2.24) is 10.1 Å². The van der Waals surface area contributed by atoms with Gasteiger partial charge < -0.3 is 14.4 Å². The molecule has 2 aromatic heterocycles. The summed E-state index contributed by atoms with van der Waals surface area (Å²) in [5.41, 5.74) is 5.15. The Kier molecular flexibility index (Phi) is 6.75. The number of carboxylic acid groups (broad SMARTS) is 1. The van der Waals surface area contributed by atoms with Crippen LogP contribution in [0.1, 0.15) is 57.3 Å². The number of benzene rings is 3. The summed E-state index contributed by atoms with van der Waals surface area (Å²) in [7, 11) is 0. The molecule has 6 rings (SSSR count). The normalized spacial score (nSPS) is 13.1. The highest BCUT2D eigenvalue weighted by Crippen LogP contribution is 2.46. The average molecular weight is 559 g/mol. The average Bonchev–Trinajstić information content (AvgIpc) is 3.68. The number of fused-ring (bicyclic) bond motifs is 1. The summed E-state index contributed by atoms with van der Waals surface area (Å²) in [6.45, 7) is 2.17. The fourth-order valence-corrected chi connectivity index (χ4v) is 5.35. The Morgan fingerprint density at radius 2 is 1.79 bits per heavy atom. The van der Waals surface area contributed by atoms with Crippen molar-refractivity contribution in [1.29, 1.82) is 0 Å². The van der Waals surface area contributed by atoms with E-state index in [-0.39, 0.29) is 12.2 Å². The van der Waals surface area contributed by atoms with Gasteiger partial charge in [-0.05, 0) is 72.0 Å². The number of hydrogen-bond acceptors (Lipinski definition) is 5. The number of aromatic nitrogens is 2. The third kappa shape index (κ3) is 5.22. The van der Waals surface area contributed by atoms with E-state index in [0.29, 0.717) is 33.6 Å². The molecule has 0 aliphatic heterocycles. The molecule has 1 saturated carbocycles. The Hall–Kier alpha value is -3.87. The van der Waals surface area contributed by atoms with Gasteiger partial charge >= 0.3 is 5.97 Å². The molecule has 1 aliphatic rings. The number of carboxylic acids is 1. The minimum Gasteiger partial charge on any atom is -0.489 e. The molecular formula is C31H24Cl2N2O4. The van der Waals surface area contributed by atoms with Crippen LogP contribution in [0.25, 0.3) is 22.0 Å². The Morgan fingerprint density at radius 1 is 1.05 bits per heavy atom. The molecule has 0 bridgehead atoms. The molecule has 6 nitrogen and oxygen atoms in total. The zero-order valence-electron chi connectivity index (χ0n) is 21.1. The zero-order valence-corrected chi connectivity index (χ0v) is 22.6. The first-order valence-corrected chi connectivity index (χ1v) is 13.4. The molecular weight excluding hydrogens is 535 g/mol. The van der Waals surface area contributed by atoms with E-state index in [1.165, 1.54) is 6.20 Å². The van der Waals surface area contributed by atoms with Crippen LogP contribution in [0.5, 0.6) is 5.75 Å². The fraction of sp³-hybridized carbons (Fsp3) is 0.194. The predicted molar refractivity (Wildman–Crippen MR) is 151 cm³/mol. The third-order valence-corrected chi connectivity index (χ3v) is 7.66. The van der Waals surface area contributed by atoms with Crippen molar-refractivity contribution in [3.63, 3.8) is 0 Å². The second-order valence-electron chi connectivity index (χ2n) is 9.85. The van der Waals surface area contributed by atoms with Crippen molar-refractivity contribution >= 4 is 39.9 Å². The van der Waals surface area contributed by atoms with E-state index in [2.05, 4.69) is 28.3 Å². The molecule has 196 valence electrons. The smallest absolute Gasteiger partial charge is 0.337 e. The summed E-state index contributed by atoms with van der Waals surface area (Å²) in [4.78, 5) is 15.6. The van der Waals surface area contributed by atoms with E-state index < -0.39 is 5.97 Å². The maximum Gasteiger partial charge on any atom is 0.337 e. The van der Waals surface area contributed by atoms with Gasteiger partial charge in [-0.1, -0.05) is 58.7 Å². The Bertz CT molecular complexity index is 1710. The highest BCUT2D eigenvalue weighted by molar-refractivity contribution is 6.39. The highest BCUT2D eigenvalue weighted by atomic mass is 35.5. The Morgan fingerprint density at radius 3 is 2.51 bits per heavy atom. The lowest BCUT2D eigenvalue weighted by Gasteiger charge is -2.11. The molecule has 2 heterocycles. The second kappa shape index (κ2) is 10.4. The number of rotatable bonds is 8. The first-order valence-electron chi connectivity index (χ1n) is 12.6. The van der Waals surface area contributed by atoms with Gasteiger partial charge in [-0.3, -0.25) is 4.98 Å². The zero-order chi connectivity index (χ0) is 27.1. The van der Waals surface area contributed by atoms with Crippen LogP contribution < -0.4 is 4.74 Å². The van der Waals surface area contributed by atoms with Crippen LogP contribution in [0.2, 0.25) is 10.0 Å². The minimum atomic E-state index is -0.974. The molecule has 0 saturated heterocycles. The molecule has 0 atom stereocenters. The lowest BCUT2D eigenvalue weighted by molar-refractivity contribution is 0.0696. The summed E-state index contributed by atoms with van der Waals surface area (Å²) >= 11 is 13.0. The highest BCUT2D eigenvalue weighted by Gasteiger charge is 2.33. The monoisotopic (exact) mass is 558 g/mol. The second-order valence-corrected chi connectivity index (χ2v) is 10.7. The van der Waals surface area contributed by atoms with E-state index in [9.17, 15) is 9.90 Å². The maximum absolute atomic E-state index is 11.2. The van der Waals surface area contributed by atoms with Gasteiger partial charge in [0.1, 0.15) is 23.8 Å². The van der Waals surface area contributed by atoms with Gasteiger partial charge in [0, 0.05) is 29.8 Å². The van der Waals surface area contributed by atoms with Crippen molar-refractivity contribution in [2.45, 2.75) is 38.7 Å². The minimum absolute atomic E-state index is 0.194. The first kappa shape index (κ1) is 25.4. The Balaban J connectivity index is 1.23. The first-order chi connectivity index (χ1) is 18.9. The molecule has 5 aromatic rings. The van der Waals surface area contributed by atoms with Crippen molar-refractivity contribution in [3.8, 4) is 17.0 Å². The molecule has 8 heteroatoms. The summed E-state index contributed by atoms with van der Waals surface area (Å²) < 4.78 is 12.0. The van der Waals surface area contributed by atoms with E-state index in [1.54, 1.807) is 24.3 Å². The molecule has 1 N–H and O–H groups in total. The molecule has 0 radical (unpaired) electrons. The van der Waals surface area contributed by atoms with Crippen LogP contribution >= 0.6 is 23.2 Å². The van der Waals surface area contributed by atoms with Gasteiger partial charge in [-0.25, -0.2) is 4.79 Å². The largest absolute Gasteiger partial charge is 0.489 e. The molecule has 39 heavy (non-hydrogen) atoms. The van der Waals surface area contributed by atoms with Gasteiger partial charge in [-0.15, -0.1) is 0 Å². The van der Waals surface area contributed by atoms with Gasteiger partial charge in [0.15, 0.2) is 0 Å². The number of aromatic carboxylic acids is 1. The molecule has 0 spiro atoms. The summed E-state index contributed by atoms with van der Waals surface area (Å²) in [5, 5.41) is 16.7. The van der Waals surface area contributed by atoms with Gasteiger partial charge in [-0.2, -0.15) is 0 Å². The molecule has 1 fully saturated rings. The molecule has 3 aromatic carbocycles. The molecule has 1 aliphatic carbocycles. The van der Waals surface area contributed by atoms with Crippen molar-refractivity contribution < 1.29 is 19.2 Å². The summed E-state index contributed by atoms with van der Waals surface area (Å²) in [6.07, 6.45) is 4.15. The third-order valence-electron chi connectivity index (χ3n) is 7.03. The number of pyridine rings is 1. The van der Waals surface area contributed by atoms with Crippen molar-refractivity contribution in [2.24, 2.45) is 0 Å².